The van der Waals surface area contributed by atoms with Gasteiger partial charge >= 0.3 is 0 Å². The van der Waals surface area contributed by atoms with Crippen molar-refractivity contribution in [1.82, 2.24) is 20.2 Å². The summed E-state index contributed by atoms with van der Waals surface area (Å²) < 4.78 is 26.4. The molecular formula is C15H22N4O2S. The van der Waals surface area contributed by atoms with Gasteiger partial charge in [0.2, 0.25) is 0 Å². The van der Waals surface area contributed by atoms with Crippen molar-refractivity contribution in [2.45, 2.75) is 38.2 Å². The number of hydrogen-bond acceptors (Lipinski definition) is 5. The number of sulfone groups is 1. The zero-order chi connectivity index (χ0) is 16.3. The van der Waals surface area contributed by atoms with Gasteiger partial charge in [-0.15, -0.1) is 5.10 Å². The van der Waals surface area contributed by atoms with Crippen molar-refractivity contribution in [2.24, 2.45) is 13.0 Å². The summed E-state index contributed by atoms with van der Waals surface area (Å²) in [4.78, 5) is 0. The van der Waals surface area contributed by atoms with Gasteiger partial charge in [-0.05, 0) is 40.8 Å². The lowest BCUT2D eigenvalue weighted by molar-refractivity contribution is 0.575. The number of aromatic nitrogens is 4. The molecular weight excluding hydrogens is 300 g/mol. The maximum atomic E-state index is 12.5. The smallest absolute Gasteiger partial charge is 0.168 e. The molecule has 0 bridgehead atoms. The van der Waals surface area contributed by atoms with E-state index in [0.29, 0.717) is 11.7 Å². The molecule has 7 heteroatoms. The first-order valence-electron chi connectivity index (χ1n) is 7.31. The fourth-order valence-corrected chi connectivity index (χ4v) is 3.77. The summed E-state index contributed by atoms with van der Waals surface area (Å²) >= 11 is 0. The molecule has 0 saturated carbocycles. The Morgan fingerprint density at radius 3 is 2.18 bits per heavy atom. The summed E-state index contributed by atoms with van der Waals surface area (Å²) in [5.41, 5.74) is 2.01. The van der Waals surface area contributed by atoms with Crippen molar-refractivity contribution in [1.29, 1.82) is 0 Å². The largest absolute Gasteiger partial charge is 0.231 e. The fourth-order valence-electron chi connectivity index (χ4n) is 2.34. The molecule has 1 aromatic heterocycles. The zero-order valence-corrected chi connectivity index (χ0v) is 14.2. The van der Waals surface area contributed by atoms with E-state index in [4.69, 9.17) is 0 Å². The van der Waals surface area contributed by atoms with Crippen molar-refractivity contribution < 1.29 is 8.42 Å². The molecule has 6 nitrogen and oxygen atoms in total. The van der Waals surface area contributed by atoms with E-state index in [1.165, 1.54) is 10.2 Å². The molecule has 1 heterocycles. The fraction of sp³-hybridized carbons (Fsp3) is 0.533. The lowest BCUT2D eigenvalue weighted by atomic mass is 10.0. The van der Waals surface area contributed by atoms with Crippen LogP contribution in [0.3, 0.4) is 0 Å². The maximum Gasteiger partial charge on any atom is 0.168 e. The molecule has 0 aliphatic rings. The minimum absolute atomic E-state index is 0.0109. The zero-order valence-electron chi connectivity index (χ0n) is 13.4. The van der Waals surface area contributed by atoms with Gasteiger partial charge in [-0.25, -0.2) is 13.1 Å². The Morgan fingerprint density at radius 2 is 1.68 bits per heavy atom. The van der Waals surface area contributed by atoms with Crippen molar-refractivity contribution in [3.8, 4) is 0 Å². The van der Waals surface area contributed by atoms with Gasteiger partial charge in [0.25, 0.3) is 0 Å². The standard InChI is InChI=1S/C15H22N4O2S/c1-11(2)9-13-5-7-14(8-6-13)10-22(20,21)12(3)15-16-17-18-19(15)4/h5-8,11-12H,9-10H2,1-4H3. The number of tetrazole rings is 1. The summed E-state index contributed by atoms with van der Waals surface area (Å²) in [7, 11) is -1.72. The van der Waals surface area contributed by atoms with Crippen LogP contribution in [-0.2, 0) is 29.1 Å². The third-order valence-corrected chi connectivity index (χ3v) is 5.61. The van der Waals surface area contributed by atoms with Crippen LogP contribution in [0.25, 0.3) is 0 Å². The van der Waals surface area contributed by atoms with E-state index in [1.807, 2.05) is 24.3 Å². The van der Waals surface area contributed by atoms with Gasteiger partial charge in [-0.3, -0.25) is 0 Å². The third kappa shape index (κ3) is 3.91. The van der Waals surface area contributed by atoms with Crippen molar-refractivity contribution in [3.63, 3.8) is 0 Å². The molecule has 1 aromatic carbocycles. The number of rotatable bonds is 6. The van der Waals surface area contributed by atoms with Crippen LogP contribution < -0.4 is 0 Å². The Hall–Kier alpha value is -1.76. The van der Waals surface area contributed by atoms with E-state index in [2.05, 4.69) is 29.4 Å². The Labute approximate surface area is 131 Å². The summed E-state index contributed by atoms with van der Waals surface area (Å²) in [6.45, 7) is 5.94. The highest BCUT2D eigenvalue weighted by atomic mass is 32.2. The van der Waals surface area contributed by atoms with Gasteiger partial charge in [0.05, 0.1) is 5.75 Å². The Bertz CT molecular complexity index is 720. The van der Waals surface area contributed by atoms with E-state index < -0.39 is 15.1 Å². The summed E-state index contributed by atoms with van der Waals surface area (Å²) in [6, 6.07) is 7.77. The summed E-state index contributed by atoms with van der Waals surface area (Å²) in [6.07, 6.45) is 0.994. The van der Waals surface area contributed by atoms with Crippen LogP contribution in [0.15, 0.2) is 24.3 Å². The highest BCUT2D eigenvalue weighted by molar-refractivity contribution is 7.90. The summed E-state index contributed by atoms with van der Waals surface area (Å²) in [5, 5.41) is 10.2. The topological polar surface area (TPSA) is 77.7 Å². The van der Waals surface area contributed by atoms with E-state index in [0.717, 1.165) is 12.0 Å². The predicted octanol–water partition coefficient (Wildman–Crippen LogP) is 2.08. The minimum atomic E-state index is -3.36. The van der Waals surface area contributed by atoms with Crippen molar-refractivity contribution in [3.05, 3.63) is 41.2 Å². The monoisotopic (exact) mass is 322 g/mol. The third-order valence-electron chi connectivity index (χ3n) is 3.59. The second kappa shape index (κ2) is 6.56. The molecule has 0 saturated heterocycles. The molecule has 0 N–H and O–H groups in total. The van der Waals surface area contributed by atoms with Crippen LogP contribution in [0.4, 0.5) is 0 Å². The number of nitrogens with zero attached hydrogens (tertiary/aromatic N) is 4. The van der Waals surface area contributed by atoms with Crippen molar-refractivity contribution in [2.75, 3.05) is 0 Å². The van der Waals surface area contributed by atoms with Crippen LogP contribution in [0.1, 0.15) is 43.0 Å². The van der Waals surface area contributed by atoms with E-state index in [1.54, 1.807) is 14.0 Å². The molecule has 120 valence electrons. The SMILES string of the molecule is CC(C)Cc1ccc(CS(=O)(=O)C(C)c2nnnn2C)cc1. The average molecular weight is 322 g/mol. The molecule has 0 radical (unpaired) electrons. The average Bonchev–Trinajstić information content (AvgIpc) is 2.85. The minimum Gasteiger partial charge on any atom is -0.231 e. The molecule has 1 unspecified atom stereocenters. The maximum absolute atomic E-state index is 12.5. The number of aryl methyl sites for hydroxylation is 1. The highest BCUT2D eigenvalue weighted by Gasteiger charge is 2.27. The molecule has 0 fully saturated rings. The first-order valence-corrected chi connectivity index (χ1v) is 9.03. The van der Waals surface area contributed by atoms with Gasteiger partial charge in [0, 0.05) is 7.05 Å². The normalized spacial score (nSPS) is 13.5. The molecule has 22 heavy (non-hydrogen) atoms. The number of benzene rings is 1. The van der Waals surface area contributed by atoms with Gasteiger partial charge in [-0.1, -0.05) is 38.1 Å². The van der Waals surface area contributed by atoms with Crippen LogP contribution in [-0.4, -0.2) is 28.6 Å². The Balaban J connectivity index is 2.13. The molecule has 2 aromatic rings. The van der Waals surface area contributed by atoms with Crippen LogP contribution in [0, 0.1) is 5.92 Å². The first kappa shape index (κ1) is 16.6. The molecule has 0 spiro atoms. The Morgan fingerprint density at radius 1 is 1.09 bits per heavy atom. The molecule has 0 aliphatic carbocycles. The summed E-state index contributed by atoms with van der Waals surface area (Å²) in [5.74, 6) is 0.928. The van der Waals surface area contributed by atoms with Gasteiger partial charge < -0.3 is 0 Å². The second-order valence-electron chi connectivity index (χ2n) is 6.02. The molecule has 0 aliphatic heterocycles. The van der Waals surface area contributed by atoms with E-state index in [9.17, 15) is 8.42 Å². The van der Waals surface area contributed by atoms with E-state index in [-0.39, 0.29) is 5.75 Å². The second-order valence-corrected chi connectivity index (χ2v) is 8.35. The van der Waals surface area contributed by atoms with Gasteiger partial charge in [-0.2, -0.15) is 0 Å². The van der Waals surface area contributed by atoms with Crippen molar-refractivity contribution >= 4 is 9.84 Å². The molecule has 2 rings (SSSR count). The lowest BCUT2D eigenvalue weighted by Crippen LogP contribution is -2.16. The van der Waals surface area contributed by atoms with Crippen LogP contribution in [0.5, 0.6) is 0 Å². The lowest BCUT2D eigenvalue weighted by Gasteiger charge is -2.12. The predicted molar refractivity (Wildman–Crippen MR) is 84.8 cm³/mol. The van der Waals surface area contributed by atoms with Crippen LogP contribution in [0.2, 0.25) is 0 Å². The van der Waals surface area contributed by atoms with Gasteiger partial charge in [0.1, 0.15) is 5.25 Å². The van der Waals surface area contributed by atoms with E-state index >= 15 is 0 Å². The highest BCUT2D eigenvalue weighted by Crippen LogP contribution is 2.23. The quantitative estimate of drug-likeness (QED) is 0.813. The van der Waals surface area contributed by atoms with Gasteiger partial charge in [0.15, 0.2) is 15.7 Å². The molecule has 0 amide bonds. The Kier molecular flexibility index (Phi) is 4.95. The number of hydrogen-bond donors (Lipinski definition) is 0. The first-order chi connectivity index (χ1) is 10.3. The van der Waals surface area contributed by atoms with Crippen LogP contribution >= 0.6 is 0 Å². The molecule has 1 atom stereocenters.